The van der Waals surface area contributed by atoms with Crippen molar-refractivity contribution in [1.29, 1.82) is 0 Å². The molecule has 0 amide bonds. The third-order valence-electron chi connectivity index (χ3n) is 8.02. The molecule has 0 aromatic carbocycles. The summed E-state index contributed by atoms with van der Waals surface area (Å²) in [6.07, 6.45) is 24.6. The van der Waals surface area contributed by atoms with Gasteiger partial charge in [0.2, 0.25) is 0 Å². The van der Waals surface area contributed by atoms with Crippen LogP contribution in [0, 0.1) is 5.41 Å². The minimum Gasteiger partial charge on any atom is -0.377 e. The molecule has 1 fully saturated rings. The van der Waals surface area contributed by atoms with Gasteiger partial charge in [-0.2, -0.15) is 0 Å². The molecule has 0 radical (unpaired) electrons. The van der Waals surface area contributed by atoms with E-state index in [9.17, 15) is 0 Å². The summed E-state index contributed by atoms with van der Waals surface area (Å²) in [6.45, 7) is 6.67. The molecule has 32 heavy (non-hydrogen) atoms. The van der Waals surface area contributed by atoms with E-state index >= 15 is 0 Å². The highest BCUT2D eigenvalue weighted by Gasteiger charge is 2.59. The van der Waals surface area contributed by atoms with E-state index in [2.05, 4.69) is 20.8 Å². The van der Waals surface area contributed by atoms with Crippen LogP contribution in [0.3, 0.4) is 0 Å². The average Bonchev–Trinajstić information content (AvgIpc) is 2.81. The van der Waals surface area contributed by atoms with Crippen LogP contribution in [0.2, 0.25) is 6.04 Å². The molecule has 0 spiro atoms. The quantitative estimate of drug-likeness (QED) is 0.131. The molecule has 0 aromatic heterocycles. The van der Waals surface area contributed by atoms with Gasteiger partial charge in [-0.05, 0) is 19.8 Å². The molecule has 1 rings (SSSR count). The number of unbranched alkanes of at least 4 members (excludes halogenated alkanes) is 15. The molecule has 0 N–H and O–H groups in total. The molecule has 0 bridgehead atoms. The summed E-state index contributed by atoms with van der Waals surface area (Å²) >= 11 is 0. The number of ether oxygens (including phenoxy) is 1. The Hall–Kier alpha value is 0.0569. The SMILES string of the molecule is CCCCCCCCCCCCCCCCCCC1(C)CC[Si](OC)(OC)OC1(C)OC. The fourth-order valence-corrected chi connectivity index (χ4v) is 7.83. The van der Waals surface area contributed by atoms with Gasteiger partial charge in [-0.15, -0.1) is 0 Å². The van der Waals surface area contributed by atoms with Crippen molar-refractivity contribution in [3.63, 3.8) is 0 Å². The van der Waals surface area contributed by atoms with Crippen LogP contribution >= 0.6 is 0 Å². The van der Waals surface area contributed by atoms with E-state index in [1.54, 1.807) is 21.3 Å². The molecule has 1 aliphatic rings. The van der Waals surface area contributed by atoms with E-state index < -0.39 is 14.6 Å². The monoisotopic (exact) mass is 472 g/mol. The minimum atomic E-state index is -2.59. The van der Waals surface area contributed by atoms with E-state index in [0.717, 1.165) is 18.9 Å². The maximum Gasteiger partial charge on any atom is 0.502 e. The maximum absolute atomic E-state index is 6.38. The Balaban J connectivity index is 2.06. The van der Waals surface area contributed by atoms with Gasteiger partial charge >= 0.3 is 8.80 Å². The summed E-state index contributed by atoms with van der Waals surface area (Å²) in [5.74, 6) is -0.640. The molecule has 5 heteroatoms. The minimum absolute atomic E-state index is 0.00527. The maximum atomic E-state index is 6.38. The van der Waals surface area contributed by atoms with Crippen molar-refractivity contribution in [3.8, 4) is 0 Å². The second-order valence-electron chi connectivity index (χ2n) is 10.5. The lowest BCUT2D eigenvalue weighted by atomic mass is 9.75. The first-order valence-corrected chi connectivity index (χ1v) is 15.7. The molecule has 0 aromatic rings. The lowest BCUT2D eigenvalue weighted by molar-refractivity contribution is -0.262. The zero-order chi connectivity index (χ0) is 23.8. The van der Waals surface area contributed by atoms with Crippen LogP contribution in [-0.4, -0.2) is 35.9 Å². The third-order valence-corrected chi connectivity index (χ3v) is 10.8. The molecule has 2 unspecified atom stereocenters. The van der Waals surface area contributed by atoms with Gasteiger partial charge in [0.25, 0.3) is 0 Å². The zero-order valence-corrected chi connectivity index (χ0v) is 23.6. The first-order chi connectivity index (χ1) is 15.4. The van der Waals surface area contributed by atoms with Crippen molar-refractivity contribution in [2.75, 3.05) is 21.3 Å². The molecule has 1 saturated heterocycles. The summed E-state index contributed by atoms with van der Waals surface area (Å²) in [5, 5.41) is 0. The Labute approximate surface area is 201 Å². The molecule has 0 saturated carbocycles. The lowest BCUT2D eigenvalue weighted by Crippen LogP contribution is -2.62. The Morgan fingerprint density at radius 2 is 1.06 bits per heavy atom. The van der Waals surface area contributed by atoms with Crippen LogP contribution in [0.15, 0.2) is 0 Å². The Morgan fingerprint density at radius 3 is 1.44 bits per heavy atom. The third kappa shape index (κ3) is 10.1. The molecular weight excluding hydrogens is 416 g/mol. The number of hydrogen-bond acceptors (Lipinski definition) is 4. The van der Waals surface area contributed by atoms with E-state index in [0.29, 0.717) is 0 Å². The largest absolute Gasteiger partial charge is 0.502 e. The lowest BCUT2D eigenvalue weighted by Gasteiger charge is -2.52. The molecule has 4 nitrogen and oxygen atoms in total. The van der Waals surface area contributed by atoms with Gasteiger partial charge in [-0.3, -0.25) is 0 Å². The second-order valence-corrected chi connectivity index (χ2v) is 13.3. The topological polar surface area (TPSA) is 36.9 Å². The average molecular weight is 473 g/mol. The van der Waals surface area contributed by atoms with Crippen LogP contribution < -0.4 is 0 Å². The van der Waals surface area contributed by atoms with Crippen LogP contribution in [0.25, 0.3) is 0 Å². The summed E-state index contributed by atoms with van der Waals surface area (Å²) in [6, 6.07) is 0.869. The zero-order valence-electron chi connectivity index (χ0n) is 22.6. The van der Waals surface area contributed by atoms with Gasteiger partial charge in [-0.1, -0.05) is 117 Å². The highest BCUT2D eigenvalue weighted by atomic mass is 28.4. The Kier molecular flexibility index (Phi) is 15.7. The van der Waals surface area contributed by atoms with Gasteiger partial charge < -0.3 is 18.0 Å². The highest BCUT2D eigenvalue weighted by Crippen LogP contribution is 2.50. The van der Waals surface area contributed by atoms with Gasteiger partial charge in [-0.25, -0.2) is 0 Å². The summed E-state index contributed by atoms with van der Waals surface area (Å²) < 4.78 is 23.6. The van der Waals surface area contributed by atoms with Crippen molar-refractivity contribution >= 4 is 8.80 Å². The number of methoxy groups -OCH3 is 1. The first-order valence-electron chi connectivity index (χ1n) is 13.8. The summed E-state index contributed by atoms with van der Waals surface area (Å²) in [4.78, 5) is 0. The van der Waals surface area contributed by atoms with Gasteiger partial charge in [0.15, 0.2) is 5.79 Å². The molecule has 1 heterocycles. The van der Waals surface area contributed by atoms with Crippen LogP contribution in [-0.2, 0) is 18.0 Å². The molecular formula is C27H56O4Si. The normalized spacial score (nSPS) is 25.3. The highest BCUT2D eigenvalue weighted by molar-refractivity contribution is 6.60. The van der Waals surface area contributed by atoms with Crippen molar-refractivity contribution in [1.82, 2.24) is 0 Å². The van der Waals surface area contributed by atoms with Crippen molar-refractivity contribution < 1.29 is 18.0 Å². The van der Waals surface area contributed by atoms with E-state index in [1.165, 1.54) is 103 Å². The molecule has 2 atom stereocenters. The fraction of sp³-hybridized carbons (Fsp3) is 1.00. The van der Waals surface area contributed by atoms with Crippen molar-refractivity contribution in [2.24, 2.45) is 5.41 Å². The fourth-order valence-electron chi connectivity index (χ4n) is 5.20. The predicted octanol–water partition coefficient (Wildman–Crippen LogP) is 8.66. The summed E-state index contributed by atoms with van der Waals surface area (Å²) in [5.41, 5.74) is 0.00527. The summed E-state index contributed by atoms with van der Waals surface area (Å²) in [7, 11) is 2.56. The van der Waals surface area contributed by atoms with Gasteiger partial charge in [0.05, 0.1) is 0 Å². The molecule has 1 aliphatic heterocycles. The smallest absolute Gasteiger partial charge is 0.377 e. The first kappa shape index (κ1) is 30.1. The number of hydrogen-bond donors (Lipinski definition) is 0. The molecule has 192 valence electrons. The second kappa shape index (κ2) is 16.6. The predicted molar refractivity (Wildman–Crippen MR) is 138 cm³/mol. The molecule has 0 aliphatic carbocycles. The Bertz CT molecular complexity index is 457. The van der Waals surface area contributed by atoms with Gasteiger partial charge in [0.1, 0.15) is 0 Å². The van der Waals surface area contributed by atoms with E-state index in [1.807, 2.05) is 0 Å². The van der Waals surface area contributed by atoms with E-state index in [-0.39, 0.29) is 5.41 Å². The van der Waals surface area contributed by atoms with Crippen molar-refractivity contribution in [3.05, 3.63) is 0 Å². The van der Waals surface area contributed by atoms with Crippen molar-refractivity contribution in [2.45, 2.75) is 148 Å². The van der Waals surface area contributed by atoms with Crippen LogP contribution in [0.4, 0.5) is 0 Å². The number of rotatable bonds is 20. The van der Waals surface area contributed by atoms with Crippen LogP contribution in [0.1, 0.15) is 136 Å². The van der Waals surface area contributed by atoms with Gasteiger partial charge in [0, 0.05) is 32.8 Å². The van der Waals surface area contributed by atoms with E-state index in [4.69, 9.17) is 18.0 Å². The standard InChI is InChI=1S/C27H56O4Si/c1-7-8-9-10-11-12-13-14-15-16-17-18-19-20-21-22-23-26(2)24-25-32(29-5,30-6)31-27(26,3)28-4/h7-25H2,1-6H3. The Morgan fingerprint density at radius 1 is 0.656 bits per heavy atom. The van der Waals surface area contributed by atoms with Crippen LogP contribution in [0.5, 0.6) is 0 Å².